The lowest BCUT2D eigenvalue weighted by atomic mass is 10.1. The number of aromatic nitrogens is 2. The van der Waals surface area contributed by atoms with Crippen LogP contribution in [0.4, 0.5) is 18.3 Å². The Kier molecular flexibility index (Phi) is 5.13. The number of halogens is 3. The summed E-state index contributed by atoms with van der Waals surface area (Å²) in [6.45, 7) is 1.41. The fraction of sp³-hybridized carbons (Fsp3) is 0.0952. The first-order valence-electron chi connectivity index (χ1n) is 8.78. The average Bonchev–Trinajstić information content (AvgIpc) is 3.10. The molecule has 4 aromatic rings. The van der Waals surface area contributed by atoms with Gasteiger partial charge >= 0.3 is 6.18 Å². The van der Waals surface area contributed by atoms with Crippen molar-refractivity contribution in [1.29, 1.82) is 0 Å². The number of nitrogens with zero attached hydrogens (tertiary/aromatic N) is 2. The summed E-state index contributed by atoms with van der Waals surface area (Å²) in [6.07, 6.45) is -2.87. The highest BCUT2D eigenvalue weighted by Gasteiger charge is 2.30. The van der Waals surface area contributed by atoms with Gasteiger partial charge in [0.05, 0.1) is 16.0 Å². The van der Waals surface area contributed by atoms with Crippen LogP contribution in [0.5, 0.6) is 11.5 Å². The van der Waals surface area contributed by atoms with Crippen molar-refractivity contribution in [2.75, 3.05) is 5.32 Å². The molecule has 0 atom stereocenters. The van der Waals surface area contributed by atoms with Gasteiger partial charge in [0.2, 0.25) is 5.91 Å². The number of thiazole rings is 1. The van der Waals surface area contributed by atoms with E-state index in [4.69, 9.17) is 4.74 Å². The van der Waals surface area contributed by atoms with Crippen LogP contribution < -0.4 is 10.1 Å². The number of rotatable bonds is 4. The van der Waals surface area contributed by atoms with Gasteiger partial charge in [0, 0.05) is 24.8 Å². The largest absolute Gasteiger partial charge is 0.455 e. The number of para-hydroxylation sites is 1. The molecule has 2 aromatic heterocycles. The second-order valence-electron chi connectivity index (χ2n) is 6.36. The number of benzene rings is 2. The Morgan fingerprint density at radius 3 is 2.57 bits per heavy atom. The van der Waals surface area contributed by atoms with E-state index in [-0.39, 0.29) is 5.91 Å². The van der Waals surface area contributed by atoms with Crippen molar-refractivity contribution in [3.63, 3.8) is 0 Å². The lowest BCUT2D eigenvalue weighted by molar-refractivity contribution is -0.137. The van der Waals surface area contributed by atoms with Crippen LogP contribution in [0.1, 0.15) is 12.5 Å². The summed E-state index contributed by atoms with van der Waals surface area (Å²) in [5, 5.41) is 3.12. The first kappa shape index (κ1) is 19.8. The smallest absolute Gasteiger partial charge is 0.416 e. The Bertz CT molecular complexity index is 1220. The molecule has 9 heteroatoms. The number of carbonyl (C=O) groups excluding carboxylic acids is 1. The number of hydrogen-bond donors (Lipinski definition) is 1. The molecule has 30 heavy (non-hydrogen) atoms. The van der Waals surface area contributed by atoms with Crippen LogP contribution in [0, 0.1) is 0 Å². The van der Waals surface area contributed by atoms with E-state index in [1.54, 1.807) is 18.2 Å². The highest BCUT2D eigenvalue weighted by Crippen LogP contribution is 2.36. The molecule has 5 nitrogen and oxygen atoms in total. The number of hydrogen-bond acceptors (Lipinski definition) is 5. The van der Waals surface area contributed by atoms with Gasteiger partial charge in [-0.15, -0.1) is 0 Å². The van der Waals surface area contributed by atoms with E-state index in [2.05, 4.69) is 15.3 Å². The Balaban J connectivity index is 1.62. The number of nitrogens with one attached hydrogen (secondary N) is 1. The maximum absolute atomic E-state index is 12.8. The minimum absolute atomic E-state index is 0.216. The molecule has 0 aliphatic heterocycles. The van der Waals surface area contributed by atoms with Gasteiger partial charge in [-0.05, 0) is 30.3 Å². The molecule has 152 valence electrons. The fourth-order valence-corrected chi connectivity index (χ4v) is 3.73. The summed E-state index contributed by atoms with van der Waals surface area (Å²) in [6, 6.07) is 13.5. The van der Waals surface area contributed by atoms with E-state index < -0.39 is 11.7 Å². The van der Waals surface area contributed by atoms with Crippen LogP contribution in [0.25, 0.3) is 21.5 Å². The van der Waals surface area contributed by atoms with Crippen molar-refractivity contribution in [1.82, 2.24) is 9.97 Å². The second-order valence-corrected chi connectivity index (χ2v) is 7.39. The Morgan fingerprint density at radius 2 is 1.87 bits per heavy atom. The molecule has 0 saturated carbocycles. The summed E-state index contributed by atoms with van der Waals surface area (Å²) in [5.74, 6) is 0.734. The molecule has 0 bridgehead atoms. The normalized spacial score (nSPS) is 11.5. The predicted octanol–water partition coefficient (Wildman–Crippen LogP) is 6.13. The standard InChI is InChI=1S/C21H14F3N3O2S/c1-12(28)26-20-27-19-17(3-2-4-18(19)30-20)29-15-9-10-25-16(11-15)13-5-7-14(8-6-13)21(22,23)24/h2-11H,1H3,(H,26,27,28). The summed E-state index contributed by atoms with van der Waals surface area (Å²) in [5.41, 5.74) is 0.891. The number of ether oxygens (including phenoxy) is 1. The monoisotopic (exact) mass is 429 g/mol. The molecule has 2 heterocycles. The zero-order chi connectivity index (χ0) is 21.3. The van der Waals surface area contributed by atoms with Crippen molar-refractivity contribution in [3.05, 3.63) is 66.4 Å². The minimum atomic E-state index is -4.39. The molecule has 2 aromatic carbocycles. The summed E-state index contributed by atoms with van der Waals surface area (Å²) >= 11 is 1.33. The number of fused-ring (bicyclic) bond motifs is 1. The van der Waals surface area contributed by atoms with Crippen molar-refractivity contribution in [2.24, 2.45) is 0 Å². The van der Waals surface area contributed by atoms with Gasteiger partial charge in [0.1, 0.15) is 11.3 Å². The third-order valence-corrected chi connectivity index (χ3v) is 5.07. The average molecular weight is 429 g/mol. The molecule has 0 aliphatic rings. The summed E-state index contributed by atoms with van der Waals surface area (Å²) < 4.78 is 45.1. The first-order valence-corrected chi connectivity index (χ1v) is 9.60. The van der Waals surface area contributed by atoms with Crippen molar-refractivity contribution in [3.8, 4) is 22.8 Å². The van der Waals surface area contributed by atoms with Gasteiger partial charge < -0.3 is 10.1 Å². The number of pyridine rings is 1. The van der Waals surface area contributed by atoms with Crippen LogP contribution in [-0.2, 0) is 11.0 Å². The molecule has 1 N–H and O–H groups in total. The number of alkyl halides is 3. The molecule has 1 amide bonds. The van der Waals surface area contributed by atoms with Gasteiger partial charge in [0.25, 0.3) is 0 Å². The molecule has 0 aliphatic carbocycles. The van der Waals surface area contributed by atoms with Crippen molar-refractivity contribution < 1.29 is 22.7 Å². The Labute approximate surface area is 173 Å². The third-order valence-electron chi connectivity index (χ3n) is 4.13. The van der Waals surface area contributed by atoms with Crippen LogP contribution in [0.15, 0.2) is 60.8 Å². The maximum atomic E-state index is 12.8. The minimum Gasteiger partial charge on any atom is -0.455 e. The quantitative estimate of drug-likeness (QED) is 0.424. The van der Waals surface area contributed by atoms with E-state index in [9.17, 15) is 18.0 Å². The Hall–Kier alpha value is -3.46. The molecule has 0 unspecified atom stereocenters. The topological polar surface area (TPSA) is 64.1 Å². The first-order chi connectivity index (χ1) is 14.3. The fourth-order valence-electron chi connectivity index (χ4n) is 2.80. The number of carbonyl (C=O) groups is 1. The van der Waals surface area contributed by atoms with Crippen LogP contribution >= 0.6 is 11.3 Å². The van der Waals surface area contributed by atoms with Crippen molar-refractivity contribution >= 4 is 32.6 Å². The molecule has 4 rings (SSSR count). The van der Waals surface area contributed by atoms with Crippen LogP contribution in [0.2, 0.25) is 0 Å². The zero-order valence-electron chi connectivity index (χ0n) is 15.5. The SMILES string of the molecule is CC(=O)Nc1nc2c(Oc3ccnc(-c4ccc(C(F)(F)F)cc4)c3)cccc2s1. The van der Waals surface area contributed by atoms with Crippen molar-refractivity contribution in [2.45, 2.75) is 13.1 Å². The van der Waals surface area contributed by atoms with Gasteiger partial charge in [-0.25, -0.2) is 4.98 Å². The third kappa shape index (κ3) is 4.25. The second kappa shape index (κ2) is 7.75. The maximum Gasteiger partial charge on any atom is 0.416 e. The van der Waals surface area contributed by atoms with Gasteiger partial charge in [0.15, 0.2) is 10.9 Å². The molecular formula is C21H14F3N3O2S. The van der Waals surface area contributed by atoms with Gasteiger partial charge in [-0.2, -0.15) is 13.2 Å². The van der Waals surface area contributed by atoms with E-state index >= 15 is 0 Å². The number of amides is 1. The van der Waals surface area contributed by atoms with Crippen LogP contribution in [0.3, 0.4) is 0 Å². The Morgan fingerprint density at radius 1 is 1.10 bits per heavy atom. The van der Waals surface area contributed by atoms with E-state index in [1.807, 2.05) is 12.1 Å². The summed E-state index contributed by atoms with van der Waals surface area (Å²) in [4.78, 5) is 19.9. The number of anilines is 1. The van der Waals surface area contributed by atoms with E-state index in [0.717, 1.165) is 16.8 Å². The highest BCUT2D eigenvalue weighted by atomic mass is 32.1. The molecular weight excluding hydrogens is 415 g/mol. The predicted molar refractivity (Wildman–Crippen MR) is 109 cm³/mol. The summed E-state index contributed by atoms with van der Waals surface area (Å²) in [7, 11) is 0. The van der Waals surface area contributed by atoms with E-state index in [0.29, 0.717) is 33.4 Å². The molecule has 0 radical (unpaired) electrons. The lowest BCUT2D eigenvalue weighted by Gasteiger charge is -2.09. The molecule has 0 fully saturated rings. The van der Waals surface area contributed by atoms with E-state index in [1.165, 1.54) is 36.6 Å². The lowest BCUT2D eigenvalue weighted by Crippen LogP contribution is -2.04. The zero-order valence-corrected chi connectivity index (χ0v) is 16.3. The molecule has 0 saturated heterocycles. The molecule has 0 spiro atoms. The van der Waals surface area contributed by atoms with Gasteiger partial charge in [-0.1, -0.05) is 29.5 Å². The van der Waals surface area contributed by atoms with Crippen LogP contribution in [-0.4, -0.2) is 15.9 Å². The highest BCUT2D eigenvalue weighted by molar-refractivity contribution is 7.22. The van der Waals surface area contributed by atoms with Gasteiger partial charge in [-0.3, -0.25) is 9.78 Å².